The maximum Gasteiger partial charge on any atom is 0.120 e. The first-order chi connectivity index (χ1) is 6.47. The van der Waals surface area contributed by atoms with E-state index in [-0.39, 0.29) is 5.41 Å². The number of halogens is 1. The standard InChI is InChI=1S/C12H16BrO/c1-12(2,3)7-8-14-11-6-4-5-10(13)9-11/h4-6,9H,1,7-8H2,2-3H3/q+1. The second-order valence-electron chi connectivity index (χ2n) is 4.22. The van der Waals surface area contributed by atoms with E-state index in [9.17, 15) is 0 Å². The van der Waals surface area contributed by atoms with Crippen LogP contribution in [0.1, 0.15) is 20.3 Å². The van der Waals surface area contributed by atoms with Gasteiger partial charge in [0.1, 0.15) is 11.2 Å². The summed E-state index contributed by atoms with van der Waals surface area (Å²) in [5.74, 6) is 0.906. The third kappa shape index (κ3) is 4.56. The molecule has 0 spiro atoms. The lowest BCUT2D eigenvalue weighted by molar-refractivity contribution is 0.259. The predicted molar refractivity (Wildman–Crippen MR) is 63.4 cm³/mol. The van der Waals surface area contributed by atoms with Gasteiger partial charge < -0.3 is 4.74 Å². The molecule has 0 saturated heterocycles. The molecule has 0 aliphatic rings. The molecule has 0 atom stereocenters. The van der Waals surface area contributed by atoms with Crippen LogP contribution >= 0.6 is 15.9 Å². The minimum atomic E-state index is 0.0893. The number of benzene rings is 1. The van der Waals surface area contributed by atoms with E-state index in [1.54, 1.807) is 0 Å². The van der Waals surface area contributed by atoms with Crippen molar-refractivity contribution in [2.75, 3.05) is 6.61 Å². The highest BCUT2D eigenvalue weighted by atomic mass is 79.9. The Morgan fingerprint density at radius 3 is 2.71 bits per heavy atom. The van der Waals surface area contributed by atoms with Crippen LogP contribution in [-0.2, 0) is 0 Å². The Balaban J connectivity index is 2.39. The molecular weight excluding hydrogens is 240 g/mol. The molecule has 0 bridgehead atoms. The molecule has 14 heavy (non-hydrogen) atoms. The highest BCUT2D eigenvalue weighted by Gasteiger charge is 2.17. The maximum atomic E-state index is 5.59. The highest BCUT2D eigenvalue weighted by Crippen LogP contribution is 2.21. The normalized spacial score (nSPS) is 11.4. The van der Waals surface area contributed by atoms with Crippen molar-refractivity contribution >= 4 is 15.9 Å². The van der Waals surface area contributed by atoms with Crippen LogP contribution in [0.2, 0.25) is 0 Å². The first-order valence-electron chi connectivity index (χ1n) is 4.71. The summed E-state index contributed by atoms with van der Waals surface area (Å²) in [6, 6.07) is 7.88. The minimum Gasteiger partial charge on any atom is -0.493 e. The summed E-state index contributed by atoms with van der Waals surface area (Å²) in [4.78, 5) is 0. The third-order valence-corrected chi connectivity index (χ3v) is 2.34. The molecule has 0 fully saturated rings. The van der Waals surface area contributed by atoms with Crippen molar-refractivity contribution in [3.8, 4) is 5.75 Å². The fourth-order valence-corrected chi connectivity index (χ4v) is 1.38. The molecule has 0 radical (unpaired) electrons. The summed E-state index contributed by atoms with van der Waals surface area (Å²) in [6.45, 7) is 8.96. The van der Waals surface area contributed by atoms with Crippen molar-refractivity contribution in [3.05, 3.63) is 35.7 Å². The van der Waals surface area contributed by atoms with E-state index in [0.717, 1.165) is 16.6 Å². The fourth-order valence-electron chi connectivity index (χ4n) is 1.00. The van der Waals surface area contributed by atoms with E-state index < -0.39 is 0 Å². The molecule has 0 unspecified atom stereocenters. The summed E-state index contributed by atoms with van der Waals surface area (Å²) in [7, 11) is 0. The quantitative estimate of drug-likeness (QED) is 0.737. The van der Waals surface area contributed by atoms with Crippen molar-refractivity contribution in [2.45, 2.75) is 20.3 Å². The zero-order chi connectivity index (χ0) is 10.6. The van der Waals surface area contributed by atoms with E-state index in [1.165, 1.54) is 0 Å². The van der Waals surface area contributed by atoms with Crippen LogP contribution in [0.15, 0.2) is 28.7 Å². The van der Waals surface area contributed by atoms with Gasteiger partial charge in [0, 0.05) is 10.9 Å². The van der Waals surface area contributed by atoms with Gasteiger partial charge >= 0.3 is 0 Å². The molecule has 0 aliphatic heterocycles. The van der Waals surface area contributed by atoms with Crippen molar-refractivity contribution < 1.29 is 4.74 Å². The maximum absolute atomic E-state index is 5.59. The smallest absolute Gasteiger partial charge is 0.120 e. The van der Waals surface area contributed by atoms with Gasteiger partial charge in [0.05, 0.1) is 13.5 Å². The second kappa shape index (κ2) is 4.74. The number of rotatable bonds is 4. The first-order valence-corrected chi connectivity index (χ1v) is 5.50. The zero-order valence-electron chi connectivity index (χ0n) is 8.72. The van der Waals surface area contributed by atoms with Gasteiger partial charge in [0.15, 0.2) is 0 Å². The lowest BCUT2D eigenvalue weighted by atomic mass is 9.93. The Hall–Kier alpha value is -0.630. The summed E-state index contributed by atoms with van der Waals surface area (Å²) in [6.07, 6.45) is 0.958. The highest BCUT2D eigenvalue weighted by molar-refractivity contribution is 9.10. The Morgan fingerprint density at radius 1 is 1.43 bits per heavy atom. The molecule has 1 rings (SSSR count). The molecule has 0 heterocycles. The lowest BCUT2D eigenvalue weighted by Crippen LogP contribution is -2.11. The SMILES string of the molecule is [CH2+]C(C)(C)CCOc1cccc(Br)c1. The molecule has 0 saturated carbocycles. The van der Waals surface area contributed by atoms with Gasteiger partial charge in [-0.05, 0) is 32.0 Å². The van der Waals surface area contributed by atoms with Crippen LogP contribution in [0.5, 0.6) is 5.75 Å². The number of hydrogen-bond donors (Lipinski definition) is 0. The van der Waals surface area contributed by atoms with E-state index in [4.69, 9.17) is 4.74 Å². The lowest BCUT2D eigenvalue weighted by Gasteiger charge is -2.12. The van der Waals surface area contributed by atoms with Crippen molar-refractivity contribution in [3.63, 3.8) is 0 Å². The van der Waals surface area contributed by atoms with Gasteiger partial charge in [-0.2, -0.15) is 0 Å². The molecule has 0 amide bonds. The van der Waals surface area contributed by atoms with Crippen molar-refractivity contribution in [1.29, 1.82) is 0 Å². The van der Waals surface area contributed by atoms with E-state index in [1.807, 2.05) is 24.3 Å². The zero-order valence-corrected chi connectivity index (χ0v) is 10.3. The predicted octanol–water partition coefficient (Wildman–Crippen LogP) is 4.08. The topological polar surface area (TPSA) is 9.23 Å². The fraction of sp³-hybridized carbons (Fsp3) is 0.417. The Bertz CT molecular complexity index is 289. The van der Waals surface area contributed by atoms with Crippen molar-refractivity contribution in [1.82, 2.24) is 0 Å². The van der Waals surface area contributed by atoms with Crippen LogP contribution in [-0.4, -0.2) is 6.61 Å². The van der Waals surface area contributed by atoms with E-state index >= 15 is 0 Å². The van der Waals surface area contributed by atoms with Gasteiger partial charge in [0.2, 0.25) is 0 Å². The molecule has 1 nitrogen and oxygen atoms in total. The van der Waals surface area contributed by atoms with Crippen LogP contribution < -0.4 is 4.74 Å². The summed E-state index contributed by atoms with van der Waals surface area (Å²) >= 11 is 3.40. The largest absolute Gasteiger partial charge is 0.493 e. The average molecular weight is 256 g/mol. The van der Waals surface area contributed by atoms with Crippen LogP contribution in [0.4, 0.5) is 0 Å². The number of hydrogen-bond acceptors (Lipinski definition) is 1. The molecule has 2 heteroatoms. The molecule has 1 aromatic carbocycles. The van der Waals surface area contributed by atoms with Gasteiger partial charge in [-0.15, -0.1) is 0 Å². The monoisotopic (exact) mass is 255 g/mol. The molecule has 0 aromatic heterocycles. The van der Waals surface area contributed by atoms with Crippen LogP contribution in [0.3, 0.4) is 0 Å². The average Bonchev–Trinajstić information content (AvgIpc) is 2.01. The Labute approximate surface area is 94.6 Å². The van der Waals surface area contributed by atoms with E-state index in [2.05, 4.69) is 36.7 Å². The Morgan fingerprint density at radius 2 is 2.14 bits per heavy atom. The molecule has 76 valence electrons. The van der Waals surface area contributed by atoms with Gasteiger partial charge in [-0.25, -0.2) is 0 Å². The molecule has 1 aromatic rings. The van der Waals surface area contributed by atoms with Gasteiger partial charge in [-0.3, -0.25) is 0 Å². The summed E-state index contributed by atoms with van der Waals surface area (Å²) in [5.41, 5.74) is 0.0893. The van der Waals surface area contributed by atoms with Crippen LogP contribution in [0.25, 0.3) is 0 Å². The third-order valence-electron chi connectivity index (χ3n) is 1.84. The molecule has 0 N–H and O–H groups in total. The molecule has 0 aliphatic carbocycles. The molecular formula is C12H16BrO+. The van der Waals surface area contributed by atoms with Gasteiger partial charge in [-0.1, -0.05) is 22.0 Å². The van der Waals surface area contributed by atoms with E-state index in [0.29, 0.717) is 6.61 Å². The minimum absolute atomic E-state index is 0.0893. The first kappa shape index (κ1) is 11.4. The summed E-state index contributed by atoms with van der Waals surface area (Å²) < 4.78 is 6.64. The van der Waals surface area contributed by atoms with Crippen LogP contribution in [0, 0.1) is 12.3 Å². The Kier molecular flexibility index (Phi) is 3.87. The van der Waals surface area contributed by atoms with Gasteiger partial charge in [0.25, 0.3) is 0 Å². The number of ether oxygens (including phenoxy) is 1. The second-order valence-corrected chi connectivity index (χ2v) is 5.14. The van der Waals surface area contributed by atoms with Crippen molar-refractivity contribution in [2.24, 2.45) is 5.41 Å². The summed E-state index contributed by atoms with van der Waals surface area (Å²) in [5, 5.41) is 0.